The highest BCUT2D eigenvalue weighted by molar-refractivity contribution is 6.09. The Kier molecular flexibility index (Phi) is 8.27. The zero-order valence-electron chi connectivity index (χ0n) is 32.4. The lowest BCUT2D eigenvalue weighted by Gasteiger charge is -2.27. The van der Waals surface area contributed by atoms with Gasteiger partial charge in [0.2, 0.25) is 0 Å². The minimum Gasteiger partial charge on any atom is -0.457 e. The van der Waals surface area contributed by atoms with Crippen molar-refractivity contribution in [2.45, 2.75) is 52.4 Å². The van der Waals surface area contributed by atoms with Crippen LogP contribution in [-0.2, 0) is 10.8 Å². The van der Waals surface area contributed by atoms with Crippen molar-refractivity contribution in [2.24, 2.45) is 0 Å². The fourth-order valence-electron chi connectivity index (χ4n) is 7.85. The maximum atomic E-state index is 6.70. The van der Waals surface area contributed by atoms with E-state index in [1.807, 2.05) is 12.3 Å². The molecule has 0 fully saturated rings. The molecule has 2 aromatic heterocycles. The third kappa shape index (κ3) is 6.30. The topological polar surface area (TPSA) is 33.5 Å². The van der Waals surface area contributed by atoms with E-state index in [4.69, 9.17) is 9.72 Å². The number of anilines is 4. The van der Waals surface area contributed by atoms with E-state index in [0.29, 0.717) is 6.67 Å². The van der Waals surface area contributed by atoms with Crippen LogP contribution in [0.3, 0.4) is 0 Å². The van der Waals surface area contributed by atoms with Crippen LogP contribution in [0.1, 0.15) is 52.7 Å². The Bertz CT molecular complexity index is 2700. The molecule has 5 nitrogen and oxygen atoms in total. The van der Waals surface area contributed by atoms with E-state index in [0.717, 1.165) is 39.7 Å². The molecular formula is C50H46N4O. The van der Waals surface area contributed by atoms with Gasteiger partial charge < -0.3 is 14.5 Å². The van der Waals surface area contributed by atoms with E-state index >= 15 is 0 Å². The molecule has 0 unspecified atom stereocenters. The van der Waals surface area contributed by atoms with E-state index < -0.39 is 0 Å². The maximum Gasteiger partial charge on any atom is 0.137 e. The SMILES string of the molecule is CC(C)(C)c1ccnc(-n2c3ccccc3c3ccc(Oc4cccc(N5CN(c6ccc(C(C)(C)C)cc6-c6ccccc6)c6ccccc65)c4)cc32)c1. The normalized spacial score (nSPS) is 13.1. The Morgan fingerprint density at radius 1 is 0.509 bits per heavy atom. The highest BCUT2D eigenvalue weighted by Crippen LogP contribution is 2.48. The molecule has 0 aliphatic carbocycles. The average molecular weight is 719 g/mol. The van der Waals surface area contributed by atoms with Crippen LogP contribution in [0.5, 0.6) is 11.5 Å². The molecule has 0 saturated heterocycles. The van der Waals surface area contributed by atoms with Crippen LogP contribution < -0.4 is 14.5 Å². The van der Waals surface area contributed by atoms with Gasteiger partial charge in [-0.15, -0.1) is 0 Å². The second kappa shape index (κ2) is 13.2. The molecule has 0 amide bonds. The number of hydrogen-bond donors (Lipinski definition) is 0. The number of benzene rings is 6. The van der Waals surface area contributed by atoms with Crippen LogP contribution in [0.15, 0.2) is 158 Å². The van der Waals surface area contributed by atoms with E-state index in [1.165, 1.54) is 44.4 Å². The Hall–Kier alpha value is -6.33. The summed E-state index contributed by atoms with van der Waals surface area (Å²) in [5, 5.41) is 2.36. The third-order valence-electron chi connectivity index (χ3n) is 10.8. The van der Waals surface area contributed by atoms with E-state index in [-0.39, 0.29) is 10.8 Å². The van der Waals surface area contributed by atoms with Crippen LogP contribution in [0.4, 0.5) is 22.7 Å². The quantitative estimate of drug-likeness (QED) is 0.171. The number of para-hydroxylation sites is 3. The Morgan fingerprint density at radius 2 is 1.18 bits per heavy atom. The number of fused-ring (bicyclic) bond motifs is 4. The summed E-state index contributed by atoms with van der Waals surface area (Å²) in [6.45, 7) is 14.2. The molecule has 0 atom stereocenters. The first-order chi connectivity index (χ1) is 26.5. The van der Waals surface area contributed by atoms with Crippen LogP contribution in [0.2, 0.25) is 0 Å². The number of rotatable bonds is 6. The van der Waals surface area contributed by atoms with E-state index in [1.54, 1.807) is 0 Å². The van der Waals surface area contributed by atoms with Crippen molar-refractivity contribution in [3.8, 4) is 28.4 Å². The molecule has 0 N–H and O–H groups in total. The molecule has 272 valence electrons. The second-order valence-corrected chi connectivity index (χ2v) is 16.6. The summed E-state index contributed by atoms with van der Waals surface area (Å²) < 4.78 is 8.96. The van der Waals surface area contributed by atoms with E-state index in [2.05, 4.69) is 202 Å². The number of pyridine rings is 1. The summed E-state index contributed by atoms with van der Waals surface area (Å²) in [6, 6.07) is 54.1. The van der Waals surface area contributed by atoms with Gasteiger partial charge in [-0.25, -0.2) is 4.98 Å². The molecule has 9 rings (SSSR count). The number of aromatic nitrogens is 2. The van der Waals surface area contributed by atoms with Gasteiger partial charge in [0.25, 0.3) is 0 Å². The predicted molar refractivity (Wildman–Crippen MR) is 230 cm³/mol. The monoisotopic (exact) mass is 718 g/mol. The van der Waals surface area contributed by atoms with Gasteiger partial charge >= 0.3 is 0 Å². The summed E-state index contributed by atoms with van der Waals surface area (Å²) in [7, 11) is 0. The van der Waals surface area contributed by atoms with Gasteiger partial charge in [0, 0.05) is 40.4 Å². The molecule has 0 spiro atoms. The van der Waals surface area contributed by atoms with Crippen molar-refractivity contribution in [2.75, 3.05) is 16.5 Å². The van der Waals surface area contributed by atoms with Crippen molar-refractivity contribution in [1.29, 1.82) is 0 Å². The summed E-state index contributed by atoms with van der Waals surface area (Å²) in [5.41, 5.74) is 11.8. The highest BCUT2D eigenvalue weighted by atomic mass is 16.5. The molecule has 1 aliphatic rings. The van der Waals surface area contributed by atoms with Crippen LogP contribution in [0.25, 0.3) is 38.8 Å². The molecule has 6 aromatic carbocycles. The number of ether oxygens (including phenoxy) is 1. The lowest BCUT2D eigenvalue weighted by molar-refractivity contribution is 0.483. The molecular weight excluding hydrogens is 673 g/mol. The largest absolute Gasteiger partial charge is 0.457 e. The first-order valence-electron chi connectivity index (χ1n) is 19.1. The molecule has 5 heteroatoms. The summed E-state index contributed by atoms with van der Waals surface area (Å²) in [5.74, 6) is 2.46. The molecule has 55 heavy (non-hydrogen) atoms. The fraction of sp³-hybridized carbons (Fsp3) is 0.180. The molecule has 0 radical (unpaired) electrons. The minimum atomic E-state index is 0.00366. The zero-order chi connectivity index (χ0) is 37.9. The smallest absolute Gasteiger partial charge is 0.137 e. The van der Waals surface area contributed by atoms with Gasteiger partial charge in [-0.05, 0) is 94.3 Å². The van der Waals surface area contributed by atoms with Crippen molar-refractivity contribution < 1.29 is 4.74 Å². The summed E-state index contributed by atoms with van der Waals surface area (Å²) in [6.07, 6.45) is 1.92. The summed E-state index contributed by atoms with van der Waals surface area (Å²) >= 11 is 0. The number of hydrogen-bond acceptors (Lipinski definition) is 4. The van der Waals surface area contributed by atoms with Gasteiger partial charge in [0.15, 0.2) is 0 Å². The lowest BCUT2D eigenvalue weighted by Crippen LogP contribution is -2.24. The van der Waals surface area contributed by atoms with E-state index in [9.17, 15) is 0 Å². The first kappa shape index (κ1) is 34.4. The number of nitrogens with zero attached hydrogens (tertiary/aromatic N) is 4. The Morgan fingerprint density at radius 3 is 1.96 bits per heavy atom. The van der Waals surface area contributed by atoms with Crippen molar-refractivity contribution in [3.05, 3.63) is 169 Å². The van der Waals surface area contributed by atoms with Gasteiger partial charge in [0.05, 0.1) is 28.1 Å². The molecule has 3 heterocycles. The van der Waals surface area contributed by atoms with Crippen molar-refractivity contribution in [3.63, 3.8) is 0 Å². The Balaban J connectivity index is 1.08. The first-order valence-corrected chi connectivity index (χ1v) is 19.1. The lowest BCUT2D eigenvalue weighted by atomic mass is 9.85. The molecule has 1 aliphatic heterocycles. The molecule has 0 saturated carbocycles. The van der Waals surface area contributed by atoms with Crippen molar-refractivity contribution in [1.82, 2.24) is 9.55 Å². The fourth-order valence-corrected chi connectivity index (χ4v) is 7.85. The second-order valence-electron chi connectivity index (χ2n) is 16.6. The zero-order valence-corrected chi connectivity index (χ0v) is 32.4. The molecule has 8 aromatic rings. The van der Waals surface area contributed by atoms with Crippen LogP contribution in [-0.4, -0.2) is 16.2 Å². The summed E-state index contributed by atoms with van der Waals surface area (Å²) in [4.78, 5) is 9.68. The van der Waals surface area contributed by atoms with Gasteiger partial charge in [0.1, 0.15) is 24.0 Å². The standard InChI is InChI=1S/C50H46N4O/c1-49(2,3)35-23-26-43(42(29-35)34-15-8-7-9-16-34)53-33-52(45-21-12-13-22-46(45)53)37-17-14-18-38(31-37)55-39-24-25-41-40-19-10-11-20-44(40)54(47(41)32-39)48-30-36(27-28-51-48)50(4,5)6/h7-32H,33H2,1-6H3. The molecule has 0 bridgehead atoms. The minimum absolute atomic E-state index is 0.00366. The van der Waals surface area contributed by atoms with Gasteiger partial charge in [-0.2, -0.15) is 0 Å². The average Bonchev–Trinajstić information content (AvgIpc) is 3.74. The van der Waals surface area contributed by atoms with Gasteiger partial charge in [-0.1, -0.05) is 114 Å². The van der Waals surface area contributed by atoms with Crippen LogP contribution in [0, 0.1) is 0 Å². The highest BCUT2D eigenvalue weighted by Gasteiger charge is 2.30. The van der Waals surface area contributed by atoms with Gasteiger partial charge in [-0.3, -0.25) is 4.57 Å². The van der Waals surface area contributed by atoms with Crippen LogP contribution >= 0.6 is 0 Å². The van der Waals surface area contributed by atoms with Crippen molar-refractivity contribution >= 4 is 44.6 Å². The maximum absolute atomic E-state index is 6.70. The predicted octanol–water partition coefficient (Wildman–Crippen LogP) is 13.5. The Labute approximate surface area is 324 Å². The third-order valence-corrected chi connectivity index (χ3v) is 10.8.